The van der Waals surface area contributed by atoms with E-state index in [0.717, 1.165) is 11.4 Å². The van der Waals surface area contributed by atoms with Gasteiger partial charge in [0.05, 0.1) is 0 Å². The summed E-state index contributed by atoms with van der Waals surface area (Å²) in [5.74, 6) is 0. The van der Waals surface area contributed by atoms with Gasteiger partial charge in [0.15, 0.2) is 0 Å². The van der Waals surface area contributed by atoms with Crippen LogP contribution in [0, 0.1) is 13.8 Å². The fraction of sp³-hybridized carbons (Fsp3) is 0.286. The maximum absolute atomic E-state index is 6.26. The lowest BCUT2D eigenvalue weighted by atomic mass is 10.0. The van der Waals surface area contributed by atoms with E-state index in [1.807, 2.05) is 24.3 Å². The Bertz CT molecular complexity index is 501. The molecule has 0 aliphatic rings. The number of aryl methyl sites for hydroxylation is 2. The summed E-state index contributed by atoms with van der Waals surface area (Å²) in [6.45, 7) is 4.25. The van der Waals surface area contributed by atoms with Gasteiger partial charge in [-0.25, -0.2) is 0 Å². The third-order valence-corrected chi connectivity index (χ3v) is 4.32. The van der Waals surface area contributed by atoms with Gasteiger partial charge in [0.25, 0.3) is 0 Å². The van der Waals surface area contributed by atoms with E-state index in [1.165, 1.54) is 20.9 Å². The van der Waals surface area contributed by atoms with Gasteiger partial charge < -0.3 is 5.73 Å². The molecule has 1 nitrogen and oxygen atoms in total. The van der Waals surface area contributed by atoms with Crippen molar-refractivity contribution < 1.29 is 0 Å². The Morgan fingerprint density at radius 3 is 2.41 bits per heavy atom. The summed E-state index contributed by atoms with van der Waals surface area (Å²) in [5.41, 5.74) is 8.79. The molecular formula is C14H16ClNS. The van der Waals surface area contributed by atoms with Crippen molar-refractivity contribution in [1.82, 2.24) is 0 Å². The van der Waals surface area contributed by atoms with E-state index in [0.29, 0.717) is 0 Å². The largest absolute Gasteiger partial charge is 0.323 e. The molecule has 1 heterocycles. The van der Waals surface area contributed by atoms with Crippen molar-refractivity contribution >= 4 is 22.9 Å². The van der Waals surface area contributed by atoms with Crippen LogP contribution in [0.5, 0.6) is 0 Å². The van der Waals surface area contributed by atoms with Crippen LogP contribution in [0.1, 0.15) is 26.9 Å². The maximum atomic E-state index is 6.26. The third-order valence-electron chi connectivity index (χ3n) is 2.79. The Labute approximate surface area is 111 Å². The molecule has 1 unspecified atom stereocenters. The average Bonchev–Trinajstić information content (AvgIpc) is 2.61. The third kappa shape index (κ3) is 3.09. The number of halogens is 1. The predicted molar refractivity (Wildman–Crippen MR) is 75.9 cm³/mol. The highest BCUT2D eigenvalue weighted by Gasteiger charge is 2.12. The molecule has 2 rings (SSSR count). The molecule has 0 fully saturated rings. The van der Waals surface area contributed by atoms with Crippen molar-refractivity contribution in [3.05, 3.63) is 56.2 Å². The molecule has 2 aromatic rings. The summed E-state index contributed by atoms with van der Waals surface area (Å²) >= 11 is 7.66. The first-order valence-electron chi connectivity index (χ1n) is 5.63. The van der Waals surface area contributed by atoms with Gasteiger partial charge in [-0.2, -0.15) is 0 Å². The molecule has 90 valence electrons. The molecule has 17 heavy (non-hydrogen) atoms. The van der Waals surface area contributed by atoms with Gasteiger partial charge in [-0.15, -0.1) is 11.3 Å². The molecule has 2 N–H and O–H groups in total. The molecule has 0 bridgehead atoms. The van der Waals surface area contributed by atoms with Crippen molar-refractivity contribution in [2.24, 2.45) is 5.73 Å². The Kier molecular flexibility index (Phi) is 3.87. The van der Waals surface area contributed by atoms with Crippen LogP contribution in [0.25, 0.3) is 0 Å². The summed E-state index contributed by atoms with van der Waals surface area (Å²) in [6.07, 6.45) is 0.859. The lowest BCUT2D eigenvalue weighted by Gasteiger charge is -2.11. The summed E-state index contributed by atoms with van der Waals surface area (Å²) in [7, 11) is 0. The van der Waals surface area contributed by atoms with E-state index in [2.05, 4.69) is 19.9 Å². The first-order valence-corrected chi connectivity index (χ1v) is 6.82. The van der Waals surface area contributed by atoms with Crippen molar-refractivity contribution in [2.75, 3.05) is 0 Å². The first-order chi connectivity index (χ1) is 8.06. The summed E-state index contributed by atoms with van der Waals surface area (Å²) in [5, 5.41) is 0.769. The van der Waals surface area contributed by atoms with E-state index >= 15 is 0 Å². The van der Waals surface area contributed by atoms with Crippen LogP contribution in [-0.2, 0) is 6.42 Å². The van der Waals surface area contributed by atoms with Gasteiger partial charge in [0.2, 0.25) is 0 Å². The second-order valence-corrected chi connectivity index (χ2v) is 6.07. The average molecular weight is 266 g/mol. The van der Waals surface area contributed by atoms with E-state index in [9.17, 15) is 0 Å². The zero-order valence-electron chi connectivity index (χ0n) is 10.0. The van der Waals surface area contributed by atoms with Gasteiger partial charge in [0.1, 0.15) is 0 Å². The molecule has 1 atom stereocenters. The summed E-state index contributed by atoms with van der Waals surface area (Å²) in [4.78, 5) is 2.61. The van der Waals surface area contributed by atoms with E-state index in [-0.39, 0.29) is 6.04 Å². The van der Waals surface area contributed by atoms with Gasteiger partial charge >= 0.3 is 0 Å². The summed E-state index contributed by atoms with van der Waals surface area (Å²) in [6, 6.07) is 10.2. The molecule has 1 aromatic heterocycles. The fourth-order valence-corrected chi connectivity index (χ4v) is 3.16. The highest BCUT2D eigenvalue weighted by molar-refractivity contribution is 7.12. The number of hydrogen-bond donors (Lipinski definition) is 1. The van der Waals surface area contributed by atoms with Gasteiger partial charge in [0, 0.05) is 20.8 Å². The standard InChI is InChI=1S/C14H16ClNS/c1-9-7-10(2)17-14(9)13(16)8-11-3-5-12(15)6-4-11/h3-7,13H,8,16H2,1-2H3. The number of rotatable bonds is 3. The molecule has 0 aliphatic carbocycles. The molecule has 0 amide bonds. The van der Waals surface area contributed by atoms with Gasteiger partial charge in [-0.05, 0) is 49.6 Å². The van der Waals surface area contributed by atoms with Crippen molar-refractivity contribution in [3.63, 3.8) is 0 Å². The van der Waals surface area contributed by atoms with E-state index in [4.69, 9.17) is 17.3 Å². The van der Waals surface area contributed by atoms with Crippen molar-refractivity contribution in [1.29, 1.82) is 0 Å². The quantitative estimate of drug-likeness (QED) is 0.882. The minimum Gasteiger partial charge on any atom is -0.323 e. The van der Waals surface area contributed by atoms with E-state index < -0.39 is 0 Å². The van der Waals surface area contributed by atoms with E-state index in [1.54, 1.807) is 11.3 Å². The highest BCUT2D eigenvalue weighted by Crippen LogP contribution is 2.28. The number of hydrogen-bond acceptors (Lipinski definition) is 2. The van der Waals surface area contributed by atoms with Crippen LogP contribution in [-0.4, -0.2) is 0 Å². The first kappa shape index (κ1) is 12.6. The number of thiophene rings is 1. The van der Waals surface area contributed by atoms with Crippen LogP contribution in [0.4, 0.5) is 0 Å². The Morgan fingerprint density at radius 2 is 1.88 bits per heavy atom. The van der Waals surface area contributed by atoms with Crippen LogP contribution >= 0.6 is 22.9 Å². The number of nitrogens with two attached hydrogens (primary N) is 1. The topological polar surface area (TPSA) is 26.0 Å². The van der Waals surface area contributed by atoms with Gasteiger partial charge in [-0.1, -0.05) is 23.7 Å². The lowest BCUT2D eigenvalue weighted by molar-refractivity contribution is 0.732. The smallest absolute Gasteiger partial charge is 0.0433 e. The SMILES string of the molecule is Cc1cc(C)c(C(N)Cc2ccc(Cl)cc2)s1. The maximum Gasteiger partial charge on any atom is 0.0433 e. The molecule has 0 aliphatic heterocycles. The fourth-order valence-electron chi connectivity index (χ4n) is 1.99. The zero-order chi connectivity index (χ0) is 12.4. The van der Waals surface area contributed by atoms with Crippen LogP contribution in [0.3, 0.4) is 0 Å². The zero-order valence-corrected chi connectivity index (χ0v) is 11.6. The van der Waals surface area contributed by atoms with Crippen molar-refractivity contribution in [3.8, 4) is 0 Å². The monoisotopic (exact) mass is 265 g/mol. The van der Waals surface area contributed by atoms with Crippen LogP contribution in [0.15, 0.2) is 30.3 Å². The van der Waals surface area contributed by atoms with Gasteiger partial charge in [-0.3, -0.25) is 0 Å². The molecule has 0 spiro atoms. The Balaban J connectivity index is 2.14. The molecule has 1 aromatic carbocycles. The molecular weight excluding hydrogens is 250 g/mol. The highest BCUT2D eigenvalue weighted by atomic mass is 35.5. The molecule has 0 saturated carbocycles. The molecule has 0 radical (unpaired) electrons. The minimum absolute atomic E-state index is 0.0786. The van der Waals surface area contributed by atoms with Crippen LogP contribution < -0.4 is 5.73 Å². The minimum atomic E-state index is 0.0786. The van der Waals surface area contributed by atoms with Crippen LogP contribution in [0.2, 0.25) is 5.02 Å². The Hall–Kier alpha value is -0.830. The number of benzene rings is 1. The van der Waals surface area contributed by atoms with Crippen molar-refractivity contribution in [2.45, 2.75) is 26.3 Å². The lowest BCUT2D eigenvalue weighted by Crippen LogP contribution is -2.12. The Morgan fingerprint density at radius 1 is 1.24 bits per heavy atom. The second-order valence-electron chi connectivity index (χ2n) is 4.34. The summed E-state index contributed by atoms with van der Waals surface area (Å²) < 4.78 is 0. The molecule has 3 heteroatoms. The predicted octanol–water partition coefficient (Wildman–Crippen LogP) is 4.26. The molecule has 0 saturated heterocycles. The second kappa shape index (κ2) is 5.21. The normalized spacial score (nSPS) is 12.7.